The van der Waals surface area contributed by atoms with Gasteiger partial charge in [-0.3, -0.25) is 4.79 Å². The first kappa shape index (κ1) is 20.0. The fourth-order valence-corrected chi connectivity index (χ4v) is 6.09. The minimum Gasteiger partial charge on any atom is -0.379 e. The van der Waals surface area contributed by atoms with Crippen molar-refractivity contribution in [2.24, 2.45) is 11.3 Å². The largest absolute Gasteiger partial charge is 0.379 e. The van der Waals surface area contributed by atoms with Crippen LogP contribution in [0, 0.1) is 11.3 Å². The molecule has 0 aromatic heterocycles. The molecule has 8 heteroatoms. The van der Waals surface area contributed by atoms with E-state index in [0.29, 0.717) is 58.3 Å². The summed E-state index contributed by atoms with van der Waals surface area (Å²) in [4.78, 5) is 14.3. The number of likely N-dealkylation sites (tertiary alicyclic amines) is 1. The number of piperidine rings is 2. The molecule has 1 atom stereocenters. The highest BCUT2D eigenvalue weighted by molar-refractivity contribution is 7.86. The van der Waals surface area contributed by atoms with Gasteiger partial charge in [-0.25, -0.2) is 0 Å². The van der Waals surface area contributed by atoms with Crippen molar-refractivity contribution in [2.75, 3.05) is 52.5 Å². The summed E-state index contributed by atoms with van der Waals surface area (Å²) in [6, 6.07) is 0. The highest BCUT2D eigenvalue weighted by atomic mass is 32.2. The molecule has 3 aliphatic heterocycles. The van der Waals surface area contributed by atoms with E-state index < -0.39 is 10.2 Å². The minimum atomic E-state index is -3.43. The van der Waals surface area contributed by atoms with Gasteiger partial charge < -0.3 is 9.64 Å². The van der Waals surface area contributed by atoms with E-state index in [0.717, 1.165) is 32.2 Å². The van der Waals surface area contributed by atoms with Gasteiger partial charge in [-0.2, -0.15) is 17.0 Å². The summed E-state index contributed by atoms with van der Waals surface area (Å²) in [6.45, 7) is 8.76. The van der Waals surface area contributed by atoms with Crippen LogP contribution in [0.15, 0.2) is 0 Å². The average molecular weight is 388 g/mol. The van der Waals surface area contributed by atoms with Crippen LogP contribution in [0.25, 0.3) is 0 Å². The molecule has 3 saturated heterocycles. The first-order chi connectivity index (χ1) is 12.3. The van der Waals surface area contributed by atoms with Crippen LogP contribution in [-0.2, 0) is 19.7 Å². The van der Waals surface area contributed by atoms with Gasteiger partial charge >= 0.3 is 0 Å². The van der Waals surface area contributed by atoms with E-state index in [1.54, 1.807) is 8.61 Å². The van der Waals surface area contributed by atoms with E-state index >= 15 is 0 Å². The molecule has 3 fully saturated rings. The van der Waals surface area contributed by atoms with E-state index in [1.807, 2.05) is 4.90 Å². The van der Waals surface area contributed by atoms with Gasteiger partial charge in [0.2, 0.25) is 5.91 Å². The smallest absolute Gasteiger partial charge is 0.282 e. The number of amides is 1. The standard InChI is InChI=1S/C18H33N3O4S/c1-16(2)5-9-19-14-18(7-4-17(19)22)6-3-8-21(15-18)26(23,24)20-10-12-25-13-11-20/h16H,3-15H2,1-2H3/t18-/m0/s1. The third-order valence-corrected chi connectivity index (χ3v) is 7.96. The highest BCUT2D eigenvalue weighted by Gasteiger charge is 2.45. The van der Waals surface area contributed by atoms with Crippen LogP contribution >= 0.6 is 0 Å². The SMILES string of the molecule is CC(C)CCN1C[C@]2(CCCN(S(=O)(=O)N3CCOCC3)C2)CCC1=O. The Balaban J connectivity index is 1.69. The predicted octanol–water partition coefficient (Wildman–Crippen LogP) is 1.31. The lowest BCUT2D eigenvalue weighted by atomic mass is 9.74. The zero-order valence-corrected chi connectivity index (χ0v) is 17.0. The maximum absolute atomic E-state index is 13.0. The zero-order valence-electron chi connectivity index (χ0n) is 16.2. The molecule has 3 aliphatic rings. The number of morpholine rings is 1. The predicted molar refractivity (Wildman–Crippen MR) is 99.8 cm³/mol. The van der Waals surface area contributed by atoms with Crippen LogP contribution in [0.1, 0.15) is 46.0 Å². The van der Waals surface area contributed by atoms with Crippen molar-refractivity contribution in [1.82, 2.24) is 13.5 Å². The van der Waals surface area contributed by atoms with Crippen molar-refractivity contribution in [3.63, 3.8) is 0 Å². The van der Waals surface area contributed by atoms with Crippen LogP contribution in [0.2, 0.25) is 0 Å². The molecule has 1 amide bonds. The van der Waals surface area contributed by atoms with E-state index in [2.05, 4.69) is 13.8 Å². The number of carbonyl (C=O) groups excluding carboxylic acids is 1. The lowest BCUT2D eigenvalue weighted by Gasteiger charge is -2.48. The maximum atomic E-state index is 13.0. The second-order valence-corrected chi connectivity index (χ2v) is 10.4. The number of hydrogen-bond donors (Lipinski definition) is 0. The first-order valence-electron chi connectivity index (χ1n) is 9.93. The fraction of sp³-hybridized carbons (Fsp3) is 0.944. The average Bonchev–Trinajstić information content (AvgIpc) is 2.63. The summed E-state index contributed by atoms with van der Waals surface area (Å²) in [5.74, 6) is 0.787. The monoisotopic (exact) mass is 387 g/mol. The van der Waals surface area contributed by atoms with Gasteiger partial charge in [-0.05, 0) is 31.6 Å². The summed E-state index contributed by atoms with van der Waals surface area (Å²) >= 11 is 0. The molecule has 0 aromatic carbocycles. The highest BCUT2D eigenvalue weighted by Crippen LogP contribution is 2.40. The minimum absolute atomic E-state index is 0.0809. The van der Waals surface area contributed by atoms with Gasteiger partial charge in [0.05, 0.1) is 13.2 Å². The third-order valence-electron chi connectivity index (χ3n) is 5.97. The molecule has 0 radical (unpaired) electrons. The molecular weight excluding hydrogens is 354 g/mol. The van der Waals surface area contributed by atoms with E-state index in [9.17, 15) is 13.2 Å². The van der Waals surface area contributed by atoms with Crippen LogP contribution in [0.4, 0.5) is 0 Å². The quantitative estimate of drug-likeness (QED) is 0.713. The van der Waals surface area contributed by atoms with E-state index in [4.69, 9.17) is 4.74 Å². The summed E-state index contributed by atoms with van der Waals surface area (Å²) in [5.41, 5.74) is -0.0809. The molecule has 0 aromatic rings. The topological polar surface area (TPSA) is 70.2 Å². The molecule has 3 rings (SSSR count). The number of ether oxygens (including phenoxy) is 1. The van der Waals surface area contributed by atoms with Gasteiger partial charge in [0, 0.05) is 51.1 Å². The van der Waals surface area contributed by atoms with Gasteiger partial charge in [0.15, 0.2) is 0 Å². The molecule has 0 N–H and O–H groups in total. The molecule has 0 aliphatic carbocycles. The molecule has 3 heterocycles. The Labute approximate surface area is 157 Å². The third kappa shape index (κ3) is 4.40. The normalized spacial score (nSPS) is 29.7. The Morgan fingerprint density at radius 2 is 1.81 bits per heavy atom. The fourth-order valence-electron chi connectivity index (χ4n) is 4.35. The lowest BCUT2D eigenvalue weighted by molar-refractivity contribution is -0.138. The zero-order chi connectivity index (χ0) is 18.8. The van der Waals surface area contributed by atoms with Crippen molar-refractivity contribution in [2.45, 2.75) is 46.0 Å². The molecule has 26 heavy (non-hydrogen) atoms. The Morgan fingerprint density at radius 3 is 2.50 bits per heavy atom. The van der Waals surface area contributed by atoms with Crippen LogP contribution in [0.3, 0.4) is 0 Å². The number of carbonyl (C=O) groups is 1. The Kier molecular flexibility index (Phi) is 6.26. The maximum Gasteiger partial charge on any atom is 0.282 e. The first-order valence-corrected chi connectivity index (χ1v) is 11.3. The van der Waals surface area contributed by atoms with E-state index in [1.165, 1.54) is 0 Å². The van der Waals surface area contributed by atoms with Crippen LogP contribution in [-0.4, -0.2) is 80.3 Å². The number of hydrogen-bond acceptors (Lipinski definition) is 4. The lowest BCUT2D eigenvalue weighted by Crippen LogP contribution is -2.58. The van der Waals surface area contributed by atoms with Crippen LogP contribution in [0.5, 0.6) is 0 Å². The van der Waals surface area contributed by atoms with Crippen molar-refractivity contribution < 1.29 is 17.9 Å². The van der Waals surface area contributed by atoms with Crippen molar-refractivity contribution in [3.8, 4) is 0 Å². The number of nitrogens with zero attached hydrogens (tertiary/aromatic N) is 3. The molecule has 0 saturated carbocycles. The Morgan fingerprint density at radius 1 is 1.08 bits per heavy atom. The molecule has 0 bridgehead atoms. The summed E-state index contributed by atoms with van der Waals surface area (Å²) in [7, 11) is -3.43. The van der Waals surface area contributed by atoms with Gasteiger partial charge in [-0.15, -0.1) is 0 Å². The molecule has 150 valence electrons. The summed E-state index contributed by atoms with van der Waals surface area (Å²) < 4.78 is 34.6. The molecular formula is C18H33N3O4S. The summed E-state index contributed by atoms with van der Waals surface area (Å²) in [5, 5.41) is 0. The van der Waals surface area contributed by atoms with Crippen molar-refractivity contribution in [1.29, 1.82) is 0 Å². The van der Waals surface area contributed by atoms with Gasteiger partial charge in [-0.1, -0.05) is 13.8 Å². The van der Waals surface area contributed by atoms with Gasteiger partial charge in [0.1, 0.15) is 0 Å². The Bertz CT molecular complexity index is 604. The second kappa shape index (κ2) is 8.12. The van der Waals surface area contributed by atoms with E-state index in [-0.39, 0.29) is 11.3 Å². The number of rotatable bonds is 5. The summed E-state index contributed by atoms with van der Waals surface area (Å²) in [6.07, 6.45) is 4.23. The molecule has 0 unspecified atom stereocenters. The van der Waals surface area contributed by atoms with Crippen LogP contribution < -0.4 is 0 Å². The van der Waals surface area contributed by atoms with Crippen molar-refractivity contribution in [3.05, 3.63) is 0 Å². The second-order valence-electron chi connectivity index (χ2n) is 8.45. The van der Waals surface area contributed by atoms with Crippen molar-refractivity contribution >= 4 is 16.1 Å². The molecule has 1 spiro atoms. The Hall–Kier alpha value is -0.700. The molecule has 7 nitrogen and oxygen atoms in total. The van der Waals surface area contributed by atoms with Gasteiger partial charge in [0.25, 0.3) is 10.2 Å².